The zero-order valence-corrected chi connectivity index (χ0v) is 20.7. The molecule has 2 aromatic rings. The number of amides is 2. The molecule has 0 bridgehead atoms. The maximum atomic E-state index is 12.8. The molecule has 0 aliphatic heterocycles. The molecular formula is C27H32N2O5S. The topological polar surface area (TPSA) is 105 Å². The Hall–Kier alpha value is -3.00. The first-order valence-electron chi connectivity index (χ1n) is 12.1. The van der Waals surface area contributed by atoms with Crippen molar-refractivity contribution < 1.29 is 24.2 Å². The minimum atomic E-state index is -0.889. The number of hydrogen-bond acceptors (Lipinski definition) is 5. The van der Waals surface area contributed by atoms with E-state index in [4.69, 9.17) is 4.74 Å². The summed E-state index contributed by atoms with van der Waals surface area (Å²) in [5.41, 5.74) is 4.53. The zero-order chi connectivity index (χ0) is 24.8. The van der Waals surface area contributed by atoms with Crippen LogP contribution >= 0.6 is 11.8 Å². The van der Waals surface area contributed by atoms with Crippen LogP contribution < -0.4 is 10.6 Å². The number of aliphatic carboxylic acids is 1. The Balaban J connectivity index is 1.35. The quantitative estimate of drug-likeness (QED) is 0.429. The van der Waals surface area contributed by atoms with Gasteiger partial charge >= 0.3 is 12.1 Å². The normalized spacial score (nSPS) is 16.4. The average Bonchev–Trinajstić information content (AvgIpc) is 3.15. The van der Waals surface area contributed by atoms with Gasteiger partial charge < -0.3 is 20.5 Å². The first-order chi connectivity index (χ1) is 17.0. The number of alkyl carbamates (subject to hydrolysis) is 1. The minimum absolute atomic E-state index is 0.0644. The Bertz CT molecular complexity index is 1030. The van der Waals surface area contributed by atoms with Gasteiger partial charge in [-0.15, -0.1) is 0 Å². The van der Waals surface area contributed by atoms with E-state index in [9.17, 15) is 19.5 Å². The molecule has 2 aromatic carbocycles. The van der Waals surface area contributed by atoms with Crippen LogP contribution in [0.4, 0.5) is 4.79 Å². The van der Waals surface area contributed by atoms with Gasteiger partial charge in [0.25, 0.3) is 0 Å². The van der Waals surface area contributed by atoms with Crippen molar-refractivity contribution in [1.29, 1.82) is 0 Å². The lowest BCUT2D eigenvalue weighted by Gasteiger charge is -2.31. The summed E-state index contributed by atoms with van der Waals surface area (Å²) >= 11 is 1.57. The van der Waals surface area contributed by atoms with Gasteiger partial charge in [0.15, 0.2) is 0 Å². The Labute approximate surface area is 210 Å². The third-order valence-electron chi connectivity index (χ3n) is 7.10. The van der Waals surface area contributed by atoms with E-state index in [0.29, 0.717) is 12.2 Å². The minimum Gasteiger partial charge on any atom is -0.481 e. The van der Waals surface area contributed by atoms with Crippen LogP contribution in [0.2, 0.25) is 0 Å². The number of thioether (sulfide) groups is 1. The SMILES string of the molecule is CSCC[C@H](NC(=O)OCC1c2ccccc2-c2ccccc21)C(=O)NCC(C(=O)O)C1CCC1. The van der Waals surface area contributed by atoms with E-state index in [0.717, 1.165) is 41.5 Å². The summed E-state index contributed by atoms with van der Waals surface area (Å²) in [6.45, 7) is 0.237. The lowest BCUT2D eigenvalue weighted by molar-refractivity contribution is -0.144. The first-order valence-corrected chi connectivity index (χ1v) is 13.5. The van der Waals surface area contributed by atoms with Gasteiger partial charge in [-0.1, -0.05) is 55.0 Å². The molecule has 7 nitrogen and oxygen atoms in total. The summed E-state index contributed by atoms with van der Waals surface area (Å²) < 4.78 is 5.60. The van der Waals surface area contributed by atoms with Crippen LogP contribution in [0, 0.1) is 11.8 Å². The Morgan fingerprint density at radius 2 is 1.69 bits per heavy atom. The molecule has 1 unspecified atom stereocenters. The fraction of sp³-hybridized carbons (Fsp3) is 0.444. The van der Waals surface area contributed by atoms with Crippen LogP contribution in [0.3, 0.4) is 0 Å². The number of nitrogens with one attached hydrogen (secondary N) is 2. The molecule has 1 fully saturated rings. The predicted molar refractivity (Wildman–Crippen MR) is 136 cm³/mol. The third kappa shape index (κ3) is 5.81. The van der Waals surface area contributed by atoms with Crippen molar-refractivity contribution in [2.45, 2.75) is 37.6 Å². The molecule has 3 N–H and O–H groups in total. The number of ether oxygens (including phenoxy) is 1. The molecule has 2 atom stereocenters. The largest absolute Gasteiger partial charge is 0.481 e. The highest BCUT2D eigenvalue weighted by Gasteiger charge is 2.34. The smallest absolute Gasteiger partial charge is 0.407 e. The van der Waals surface area contributed by atoms with Crippen molar-refractivity contribution in [3.63, 3.8) is 0 Å². The van der Waals surface area contributed by atoms with Crippen LogP contribution in [0.25, 0.3) is 11.1 Å². The molecule has 0 spiro atoms. The van der Waals surface area contributed by atoms with Gasteiger partial charge in [0, 0.05) is 12.5 Å². The molecule has 4 rings (SSSR count). The maximum absolute atomic E-state index is 12.8. The molecule has 0 saturated heterocycles. The molecule has 2 aliphatic rings. The van der Waals surface area contributed by atoms with E-state index in [1.54, 1.807) is 11.8 Å². The Kier molecular flexibility index (Phi) is 8.33. The second-order valence-electron chi connectivity index (χ2n) is 9.18. The number of fused-ring (bicyclic) bond motifs is 3. The van der Waals surface area contributed by atoms with E-state index in [1.165, 1.54) is 0 Å². The second kappa shape index (κ2) is 11.6. The zero-order valence-electron chi connectivity index (χ0n) is 19.9. The highest BCUT2D eigenvalue weighted by Crippen LogP contribution is 2.44. The second-order valence-corrected chi connectivity index (χ2v) is 10.2. The Morgan fingerprint density at radius 1 is 1.06 bits per heavy atom. The molecule has 35 heavy (non-hydrogen) atoms. The first kappa shape index (κ1) is 25.1. The maximum Gasteiger partial charge on any atom is 0.407 e. The van der Waals surface area contributed by atoms with Crippen molar-refractivity contribution in [1.82, 2.24) is 10.6 Å². The number of carbonyl (C=O) groups excluding carboxylic acids is 2. The Morgan fingerprint density at radius 3 is 2.23 bits per heavy atom. The van der Waals surface area contributed by atoms with Gasteiger partial charge in [-0.05, 0) is 59.4 Å². The van der Waals surface area contributed by atoms with Crippen molar-refractivity contribution in [3.8, 4) is 11.1 Å². The molecule has 0 heterocycles. The van der Waals surface area contributed by atoms with Crippen LogP contribution in [-0.2, 0) is 14.3 Å². The molecule has 2 aliphatic carbocycles. The van der Waals surface area contributed by atoms with Crippen LogP contribution in [-0.4, -0.2) is 54.3 Å². The van der Waals surface area contributed by atoms with Crippen molar-refractivity contribution in [2.75, 3.05) is 25.2 Å². The molecule has 0 aromatic heterocycles. The van der Waals surface area contributed by atoms with Crippen LogP contribution in [0.5, 0.6) is 0 Å². The van der Waals surface area contributed by atoms with E-state index in [-0.39, 0.29) is 30.9 Å². The fourth-order valence-corrected chi connectivity index (χ4v) is 5.39. The summed E-state index contributed by atoms with van der Waals surface area (Å²) in [5, 5.41) is 15.0. The van der Waals surface area contributed by atoms with Gasteiger partial charge in [0.2, 0.25) is 5.91 Å². The van der Waals surface area contributed by atoms with E-state index in [2.05, 4.69) is 34.9 Å². The van der Waals surface area contributed by atoms with Gasteiger partial charge in [-0.3, -0.25) is 9.59 Å². The highest BCUT2D eigenvalue weighted by molar-refractivity contribution is 7.98. The number of rotatable bonds is 11. The van der Waals surface area contributed by atoms with E-state index < -0.39 is 24.0 Å². The number of hydrogen-bond donors (Lipinski definition) is 3. The summed E-state index contributed by atoms with van der Waals surface area (Å²) in [7, 11) is 0. The molecule has 2 amide bonds. The lowest BCUT2D eigenvalue weighted by Crippen LogP contribution is -2.49. The summed E-state index contributed by atoms with van der Waals surface area (Å²) in [5.74, 6) is -1.15. The summed E-state index contributed by atoms with van der Waals surface area (Å²) in [6, 6.07) is 15.4. The van der Waals surface area contributed by atoms with Crippen LogP contribution in [0.15, 0.2) is 48.5 Å². The number of benzene rings is 2. The predicted octanol–water partition coefficient (Wildman–Crippen LogP) is 4.26. The third-order valence-corrected chi connectivity index (χ3v) is 7.74. The summed E-state index contributed by atoms with van der Waals surface area (Å²) in [6.07, 6.45) is 4.49. The van der Waals surface area contributed by atoms with Gasteiger partial charge in [-0.25, -0.2) is 4.79 Å². The van der Waals surface area contributed by atoms with Crippen LogP contribution in [0.1, 0.15) is 42.7 Å². The number of carboxylic acids is 1. The molecular weight excluding hydrogens is 464 g/mol. The molecule has 186 valence electrons. The molecule has 1 saturated carbocycles. The van der Waals surface area contributed by atoms with E-state index >= 15 is 0 Å². The monoisotopic (exact) mass is 496 g/mol. The number of carbonyl (C=O) groups is 3. The average molecular weight is 497 g/mol. The lowest BCUT2D eigenvalue weighted by atomic mass is 9.76. The summed E-state index contributed by atoms with van der Waals surface area (Å²) in [4.78, 5) is 37.2. The van der Waals surface area contributed by atoms with E-state index in [1.807, 2.05) is 30.5 Å². The van der Waals surface area contributed by atoms with Gasteiger partial charge in [0.1, 0.15) is 12.6 Å². The van der Waals surface area contributed by atoms with Crippen molar-refractivity contribution in [3.05, 3.63) is 59.7 Å². The van der Waals surface area contributed by atoms with Crippen molar-refractivity contribution in [2.24, 2.45) is 11.8 Å². The van der Waals surface area contributed by atoms with Gasteiger partial charge in [-0.2, -0.15) is 11.8 Å². The van der Waals surface area contributed by atoms with Gasteiger partial charge in [0.05, 0.1) is 5.92 Å². The van der Waals surface area contributed by atoms with Crippen molar-refractivity contribution >= 4 is 29.7 Å². The molecule has 0 radical (unpaired) electrons. The fourth-order valence-electron chi connectivity index (χ4n) is 4.92. The number of carboxylic acid groups (broad SMARTS) is 1. The molecule has 8 heteroatoms. The highest BCUT2D eigenvalue weighted by atomic mass is 32.2. The standard InChI is InChI=1S/C27H32N2O5S/c1-35-14-13-24(25(30)28-15-22(26(31)32)17-7-6-8-17)29-27(33)34-16-23-20-11-4-2-9-18(20)19-10-3-5-12-21(19)23/h2-5,9-12,17,22-24H,6-8,13-16H2,1H3,(H,28,30)(H,29,33)(H,31,32)/t22?,24-/m0/s1.